The van der Waals surface area contributed by atoms with Gasteiger partial charge >= 0.3 is 5.97 Å². The third-order valence-corrected chi connectivity index (χ3v) is 1.97. The second-order valence-electron chi connectivity index (χ2n) is 3.87. The van der Waals surface area contributed by atoms with E-state index in [4.69, 9.17) is 9.84 Å². The van der Waals surface area contributed by atoms with Crippen LogP contribution >= 0.6 is 0 Å². The fourth-order valence-corrected chi connectivity index (χ4v) is 0.916. The minimum absolute atomic E-state index is 0.245. The summed E-state index contributed by atoms with van der Waals surface area (Å²) >= 11 is 0. The summed E-state index contributed by atoms with van der Waals surface area (Å²) in [5, 5.41) is 8.63. The van der Waals surface area contributed by atoms with Crippen LogP contribution < -0.4 is 0 Å². The fraction of sp³-hybridized carbons (Fsp3) is 0.727. The zero-order valence-electron chi connectivity index (χ0n) is 9.99. The molecule has 4 nitrogen and oxygen atoms in total. The molecule has 0 saturated carbocycles. The van der Waals surface area contributed by atoms with Crippen LogP contribution in [0.1, 0.15) is 20.8 Å². The van der Waals surface area contributed by atoms with Gasteiger partial charge in [-0.15, -0.1) is 0 Å². The molecule has 0 saturated heterocycles. The summed E-state index contributed by atoms with van der Waals surface area (Å²) in [4.78, 5) is 12.5. The molecule has 1 N–H and O–H groups in total. The maximum atomic E-state index is 10.5. The monoisotopic (exact) mass is 215 g/mol. The molecule has 0 amide bonds. The predicted molar refractivity (Wildman–Crippen MR) is 60.0 cm³/mol. The van der Waals surface area contributed by atoms with Crippen molar-refractivity contribution in [3.63, 3.8) is 0 Å². The third kappa shape index (κ3) is 8.15. The Hall–Kier alpha value is -0.870. The molecule has 0 unspecified atom stereocenters. The van der Waals surface area contributed by atoms with Crippen LogP contribution in [0.15, 0.2) is 11.6 Å². The van der Waals surface area contributed by atoms with Gasteiger partial charge < -0.3 is 14.7 Å². The van der Waals surface area contributed by atoms with Gasteiger partial charge in [-0.3, -0.25) is 0 Å². The highest BCUT2D eigenvalue weighted by Gasteiger charge is 2.01. The lowest BCUT2D eigenvalue weighted by Gasteiger charge is -2.15. The molecule has 0 heterocycles. The van der Waals surface area contributed by atoms with E-state index in [0.29, 0.717) is 18.7 Å². The number of carboxylic acid groups (broad SMARTS) is 1. The molecular weight excluding hydrogens is 194 g/mol. The van der Waals surface area contributed by atoms with Crippen LogP contribution in [0.25, 0.3) is 0 Å². The van der Waals surface area contributed by atoms with Gasteiger partial charge in [0.05, 0.1) is 12.7 Å². The lowest BCUT2D eigenvalue weighted by molar-refractivity contribution is -0.132. The van der Waals surface area contributed by atoms with Crippen molar-refractivity contribution in [2.45, 2.75) is 26.9 Å². The largest absolute Gasteiger partial charge is 0.478 e. The van der Waals surface area contributed by atoms with Crippen molar-refractivity contribution in [3.8, 4) is 0 Å². The van der Waals surface area contributed by atoms with Crippen LogP contribution in [-0.4, -0.2) is 48.8 Å². The molecule has 15 heavy (non-hydrogen) atoms. The third-order valence-electron chi connectivity index (χ3n) is 1.97. The number of likely N-dealkylation sites (N-methyl/N-ethyl adjacent to an activating group) is 1. The van der Waals surface area contributed by atoms with Crippen molar-refractivity contribution in [3.05, 3.63) is 11.6 Å². The molecule has 0 aromatic heterocycles. The number of carboxylic acids is 1. The predicted octanol–water partition coefficient (Wildman–Crippen LogP) is 1.37. The summed E-state index contributed by atoms with van der Waals surface area (Å²) in [7, 11) is 1.94. The molecule has 0 aliphatic heterocycles. The summed E-state index contributed by atoms with van der Waals surface area (Å²) in [6.45, 7) is 7.71. The van der Waals surface area contributed by atoms with Gasteiger partial charge in [0.25, 0.3) is 0 Å². The van der Waals surface area contributed by atoms with Gasteiger partial charge in [-0.05, 0) is 27.8 Å². The zero-order valence-corrected chi connectivity index (χ0v) is 9.99. The Balaban J connectivity index is 3.70. The number of carbonyl (C=O) groups is 1. The van der Waals surface area contributed by atoms with Gasteiger partial charge in [0.1, 0.15) is 0 Å². The topological polar surface area (TPSA) is 49.8 Å². The van der Waals surface area contributed by atoms with Crippen molar-refractivity contribution in [2.75, 3.05) is 26.7 Å². The van der Waals surface area contributed by atoms with Crippen LogP contribution in [-0.2, 0) is 9.53 Å². The first-order valence-electron chi connectivity index (χ1n) is 5.13. The molecule has 0 radical (unpaired) electrons. The fourth-order valence-electron chi connectivity index (χ4n) is 0.916. The van der Waals surface area contributed by atoms with Crippen molar-refractivity contribution in [2.24, 2.45) is 0 Å². The highest BCUT2D eigenvalue weighted by atomic mass is 16.5. The molecule has 0 aromatic rings. The van der Waals surface area contributed by atoms with Crippen molar-refractivity contribution in [1.82, 2.24) is 4.90 Å². The number of nitrogens with zero attached hydrogens (tertiary/aromatic N) is 1. The Bertz CT molecular complexity index is 224. The molecule has 0 fully saturated rings. The van der Waals surface area contributed by atoms with Gasteiger partial charge in [0.2, 0.25) is 0 Å². The summed E-state index contributed by atoms with van der Waals surface area (Å²) in [6, 6.07) is 0. The van der Waals surface area contributed by atoms with Crippen LogP contribution in [0.2, 0.25) is 0 Å². The lowest BCUT2D eigenvalue weighted by atomic mass is 10.3. The van der Waals surface area contributed by atoms with Crippen molar-refractivity contribution in [1.29, 1.82) is 0 Å². The highest BCUT2D eigenvalue weighted by molar-refractivity contribution is 5.85. The standard InChI is InChI=1S/C11H21NO3/c1-9(2)15-8-7-12(4)6-5-10(3)11(13)14/h5,9H,6-8H2,1-4H3,(H,13,14)/b10-5-. The normalized spacial score (nSPS) is 12.5. The van der Waals surface area contributed by atoms with E-state index in [1.54, 1.807) is 13.0 Å². The Morgan fingerprint density at radius 3 is 2.60 bits per heavy atom. The van der Waals surface area contributed by atoms with Gasteiger partial charge in [-0.1, -0.05) is 6.08 Å². The van der Waals surface area contributed by atoms with Crippen LogP contribution in [0.4, 0.5) is 0 Å². The number of ether oxygens (including phenoxy) is 1. The minimum atomic E-state index is -0.859. The quantitative estimate of drug-likeness (QED) is 0.652. The van der Waals surface area contributed by atoms with E-state index in [9.17, 15) is 4.79 Å². The van der Waals surface area contributed by atoms with E-state index in [2.05, 4.69) is 0 Å². The first-order valence-corrected chi connectivity index (χ1v) is 5.13. The molecule has 0 aromatic carbocycles. The Labute approximate surface area is 91.5 Å². The highest BCUT2D eigenvalue weighted by Crippen LogP contribution is 1.94. The Morgan fingerprint density at radius 1 is 1.53 bits per heavy atom. The zero-order chi connectivity index (χ0) is 11.8. The molecule has 0 bridgehead atoms. The first-order chi connectivity index (χ1) is 6.93. The van der Waals surface area contributed by atoms with Gasteiger partial charge in [0, 0.05) is 18.7 Å². The average Bonchev–Trinajstić information content (AvgIpc) is 2.13. The van der Waals surface area contributed by atoms with Crippen LogP contribution in [0.3, 0.4) is 0 Å². The number of hydrogen-bond acceptors (Lipinski definition) is 3. The van der Waals surface area contributed by atoms with Crippen molar-refractivity contribution < 1.29 is 14.6 Å². The summed E-state index contributed by atoms with van der Waals surface area (Å²) in [5.41, 5.74) is 0.381. The SMILES string of the molecule is C/C(=C/CN(C)CCOC(C)C)C(=O)O. The molecule has 0 spiro atoms. The maximum Gasteiger partial charge on any atom is 0.330 e. The average molecular weight is 215 g/mol. The smallest absolute Gasteiger partial charge is 0.330 e. The first kappa shape index (κ1) is 14.1. The van der Waals surface area contributed by atoms with Gasteiger partial charge in [-0.2, -0.15) is 0 Å². The van der Waals surface area contributed by atoms with Crippen LogP contribution in [0, 0.1) is 0 Å². The number of aliphatic carboxylic acids is 1. The molecule has 0 aliphatic carbocycles. The second kappa shape index (κ2) is 7.43. The summed E-state index contributed by atoms with van der Waals surface area (Å²) in [5.74, 6) is -0.859. The summed E-state index contributed by atoms with van der Waals surface area (Å²) in [6.07, 6.45) is 1.95. The molecule has 88 valence electrons. The minimum Gasteiger partial charge on any atom is -0.478 e. The van der Waals surface area contributed by atoms with Gasteiger partial charge in [-0.25, -0.2) is 4.79 Å². The van der Waals surface area contributed by atoms with Crippen molar-refractivity contribution >= 4 is 5.97 Å². The van der Waals surface area contributed by atoms with Crippen LogP contribution in [0.5, 0.6) is 0 Å². The Kier molecular flexibility index (Phi) is 6.99. The molecule has 0 rings (SSSR count). The molecule has 0 atom stereocenters. The van der Waals surface area contributed by atoms with Gasteiger partial charge in [0.15, 0.2) is 0 Å². The summed E-state index contributed by atoms with van der Waals surface area (Å²) < 4.78 is 5.39. The van der Waals surface area contributed by atoms with E-state index in [0.717, 1.165) is 6.54 Å². The van der Waals surface area contributed by atoms with E-state index in [1.165, 1.54) is 0 Å². The maximum absolute atomic E-state index is 10.5. The number of hydrogen-bond donors (Lipinski definition) is 1. The second-order valence-corrected chi connectivity index (χ2v) is 3.87. The molecule has 4 heteroatoms. The van der Waals surface area contributed by atoms with E-state index >= 15 is 0 Å². The van der Waals surface area contributed by atoms with E-state index in [1.807, 2.05) is 25.8 Å². The Morgan fingerprint density at radius 2 is 2.13 bits per heavy atom. The van der Waals surface area contributed by atoms with E-state index < -0.39 is 5.97 Å². The molecule has 0 aliphatic rings. The lowest BCUT2D eigenvalue weighted by Crippen LogP contribution is -2.24. The number of rotatable bonds is 7. The molecular formula is C11H21NO3. The van der Waals surface area contributed by atoms with E-state index in [-0.39, 0.29) is 6.10 Å².